The third kappa shape index (κ3) is 12.2. The minimum absolute atomic E-state index is 0.0982. The molecule has 2 atom stereocenters. The summed E-state index contributed by atoms with van der Waals surface area (Å²) < 4.78 is 40.8. The molecule has 1 saturated carbocycles. The van der Waals surface area contributed by atoms with Crippen LogP contribution in [0.25, 0.3) is 172 Å². The van der Waals surface area contributed by atoms with Crippen LogP contribution in [-0.4, -0.2) is 30.8 Å². The molecule has 1 N–H and O–H groups in total. The average molecular weight is 1540 g/mol. The molecule has 3 aliphatic carbocycles. The van der Waals surface area contributed by atoms with Gasteiger partial charge in [0, 0.05) is 72.2 Å². The molecule has 118 heavy (non-hydrogen) atoms. The number of para-hydroxylation sites is 2. The molecular formula is C109H72F2N6S. The number of fused-ring (bicyclic) bond motifs is 10. The van der Waals surface area contributed by atoms with Gasteiger partial charge in [0.15, 0.2) is 0 Å². The highest BCUT2D eigenvalue weighted by molar-refractivity contribution is 7.79. The maximum atomic E-state index is 15.0. The third-order valence-electron chi connectivity index (χ3n) is 24.3. The molecule has 0 amide bonds. The number of aromatic nitrogens is 3. The highest BCUT2D eigenvalue weighted by Crippen LogP contribution is 2.54. The van der Waals surface area contributed by atoms with Crippen LogP contribution in [0.5, 0.6) is 0 Å². The molecule has 0 bridgehead atoms. The molecule has 3 aromatic heterocycles. The zero-order valence-electron chi connectivity index (χ0n) is 63.9. The number of benzene rings is 16. The average Bonchev–Trinajstić information content (AvgIpc) is 1.60. The predicted octanol–water partition coefficient (Wildman–Crippen LogP) is 28.9. The Kier molecular flexibility index (Phi) is 16.8. The Balaban J connectivity index is 0.615. The maximum Gasteiger partial charge on any atom is 0.136 e. The van der Waals surface area contributed by atoms with E-state index >= 15 is 0 Å². The maximum absolute atomic E-state index is 15.0. The second-order valence-corrected chi connectivity index (χ2v) is 31.3. The van der Waals surface area contributed by atoms with Crippen LogP contribution in [0.1, 0.15) is 17.5 Å². The van der Waals surface area contributed by atoms with Crippen molar-refractivity contribution < 1.29 is 8.78 Å². The largest absolute Gasteiger partial charge is 0.309 e. The summed E-state index contributed by atoms with van der Waals surface area (Å²) >= 11 is 4.61. The first-order chi connectivity index (χ1) is 58.1. The molecule has 1 fully saturated rings. The summed E-state index contributed by atoms with van der Waals surface area (Å²) in [5, 5.41) is 17.1. The van der Waals surface area contributed by atoms with Gasteiger partial charge in [-0.2, -0.15) is 0 Å². The fourth-order valence-electron chi connectivity index (χ4n) is 18.0. The van der Waals surface area contributed by atoms with Crippen LogP contribution in [0.4, 0.5) is 20.2 Å². The fourth-order valence-corrected chi connectivity index (χ4v) is 18.2. The Hall–Kier alpha value is -14.8. The number of anilines is 2. The standard InChI is InChI=1S/C109H72F2N6S/c110-87-43-27-71(28-44-87)74-29-45-88(46-30-74)114(89-47-35-79(36-48-89)85-61-62-109(111)68-86(109)63-85)104-60-57-93(107(112)108(104)113-118)80-37-53-90(54-38-80)115-102-58-41-81(75-19-23-77(24-20-75)83-39-55-96-94-15-7-9-17-100(94)116(105(96)66-83)91-49-31-72(32-50-91)69-11-3-1-4-12-69)64-98(102)99-65-82(42-59-103(99)115)76-21-25-78(26-22-76)84-40-56-97-95-16-8-10-18-101(95)117(106(97)67-84)92-51-33-73(34-52-92)70-13-5-2-6-14-70/h1-67,86,112,118H,68H2. The number of alkyl halides is 1. The summed E-state index contributed by atoms with van der Waals surface area (Å²) in [6.45, 7) is 0. The Morgan fingerprint density at radius 1 is 0.331 bits per heavy atom. The molecule has 0 aliphatic heterocycles. The predicted molar refractivity (Wildman–Crippen MR) is 492 cm³/mol. The monoisotopic (exact) mass is 1530 g/mol. The smallest absolute Gasteiger partial charge is 0.136 e. The summed E-state index contributed by atoms with van der Waals surface area (Å²) in [6.07, 6.45) is 10.2. The topological polar surface area (TPSA) is 54.2 Å². The lowest BCUT2D eigenvalue weighted by Crippen LogP contribution is -2.30. The molecule has 16 aromatic carbocycles. The van der Waals surface area contributed by atoms with Crippen molar-refractivity contribution in [3.05, 3.63) is 429 Å². The molecule has 22 rings (SSSR count). The third-order valence-corrected chi connectivity index (χ3v) is 24.5. The fraction of sp³-hybridized carbons (Fsp3) is 0.0275. The van der Waals surface area contributed by atoms with Crippen molar-refractivity contribution in [1.29, 1.82) is 5.41 Å². The van der Waals surface area contributed by atoms with Crippen molar-refractivity contribution in [3.8, 4) is 95.0 Å². The normalized spacial score (nSPS) is 15.5. The van der Waals surface area contributed by atoms with Crippen LogP contribution >= 0.6 is 12.8 Å². The van der Waals surface area contributed by atoms with E-state index in [2.05, 4.69) is 363 Å². The van der Waals surface area contributed by atoms with Gasteiger partial charge >= 0.3 is 0 Å². The molecule has 0 spiro atoms. The van der Waals surface area contributed by atoms with Gasteiger partial charge in [0.1, 0.15) is 17.2 Å². The van der Waals surface area contributed by atoms with E-state index in [-0.39, 0.29) is 17.4 Å². The van der Waals surface area contributed by atoms with Gasteiger partial charge in [0.2, 0.25) is 0 Å². The van der Waals surface area contributed by atoms with E-state index in [1.54, 1.807) is 18.2 Å². The van der Waals surface area contributed by atoms with Gasteiger partial charge in [-0.25, -0.2) is 13.2 Å². The summed E-state index contributed by atoms with van der Waals surface area (Å²) in [5.41, 5.74) is 30.8. The summed E-state index contributed by atoms with van der Waals surface area (Å²) in [5.74, 6) is -0.392. The Morgan fingerprint density at radius 3 is 1.12 bits per heavy atom. The second-order valence-electron chi connectivity index (χ2n) is 31.1. The molecule has 19 aromatic rings. The summed E-state index contributed by atoms with van der Waals surface area (Å²) in [7, 11) is 0. The van der Waals surface area contributed by atoms with Crippen molar-refractivity contribution in [2.24, 2.45) is 10.3 Å². The van der Waals surface area contributed by atoms with Gasteiger partial charge in [-0.15, -0.1) is 0 Å². The SMILES string of the molecule is N=C1C(c2ccc(-n3c4ccc(-c5ccc(-c6ccc7c8ccccc8n(-c8ccc(-c9ccccc9)cc8)c7c6)cc5)cc4c4cc(-c5ccc(-c6ccc7c8ccccc8n(-c8ccc(-c9ccccc9)cc8)c7c6)cc5)ccc43)cc2)=CC=C(N(c2ccc(C3=CC4CC4(F)C=C3)cc2)c2ccc(-c3ccc(F)cc3)cc2)C1=NS. The lowest BCUT2D eigenvalue weighted by molar-refractivity contribution is 0.362. The van der Waals surface area contributed by atoms with Gasteiger partial charge < -0.3 is 18.6 Å². The number of hydrogen-bond acceptors (Lipinski definition) is 4. The lowest BCUT2D eigenvalue weighted by atomic mass is 9.91. The molecular weight excluding hydrogens is 1460 g/mol. The van der Waals surface area contributed by atoms with E-state index in [0.717, 1.165) is 134 Å². The van der Waals surface area contributed by atoms with E-state index in [4.69, 9.17) is 0 Å². The summed E-state index contributed by atoms with van der Waals surface area (Å²) in [6, 6.07) is 133. The number of rotatable bonds is 15. The van der Waals surface area contributed by atoms with E-state index in [1.807, 2.05) is 48.6 Å². The second kappa shape index (κ2) is 28.4. The minimum Gasteiger partial charge on any atom is -0.309 e. The molecule has 3 heterocycles. The summed E-state index contributed by atoms with van der Waals surface area (Å²) in [4.78, 5) is 2.09. The van der Waals surface area contributed by atoms with Gasteiger partial charge in [0.05, 0.1) is 44.5 Å². The van der Waals surface area contributed by atoms with E-state index in [9.17, 15) is 14.2 Å². The first-order valence-corrected chi connectivity index (χ1v) is 40.4. The van der Waals surface area contributed by atoms with Crippen LogP contribution in [0.15, 0.2) is 417 Å². The van der Waals surface area contributed by atoms with Crippen molar-refractivity contribution in [3.63, 3.8) is 0 Å². The van der Waals surface area contributed by atoms with Crippen LogP contribution in [-0.2, 0) is 0 Å². The highest BCUT2D eigenvalue weighted by atomic mass is 32.1. The number of nitrogens with zero attached hydrogens (tertiary/aromatic N) is 5. The van der Waals surface area contributed by atoms with Crippen molar-refractivity contribution >= 4 is 112 Å². The molecule has 558 valence electrons. The Bertz CT molecular complexity index is 7120. The van der Waals surface area contributed by atoms with Crippen molar-refractivity contribution in [2.45, 2.75) is 12.1 Å². The zero-order chi connectivity index (χ0) is 78.7. The number of nitrogens with one attached hydrogen (secondary N) is 1. The quantitative estimate of drug-likeness (QED) is 0.0780. The number of allylic oxidation sites excluding steroid dienone is 8. The van der Waals surface area contributed by atoms with Crippen LogP contribution in [0.2, 0.25) is 0 Å². The molecule has 0 radical (unpaired) electrons. The van der Waals surface area contributed by atoms with Gasteiger partial charge in [-0.05, 0) is 253 Å². The molecule has 9 heteroatoms. The minimum atomic E-state index is -1.22. The van der Waals surface area contributed by atoms with Crippen molar-refractivity contribution in [1.82, 2.24) is 13.7 Å². The first-order valence-electron chi connectivity index (χ1n) is 40.0. The van der Waals surface area contributed by atoms with Crippen molar-refractivity contribution in [2.75, 3.05) is 4.90 Å². The lowest BCUT2D eigenvalue weighted by Gasteiger charge is -2.31. The molecule has 3 aliphatic rings. The molecule has 6 nitrogen and oxygen atoms in total. The zero-order valence-corrected chi connectivity index (χ0v) is 64.8. The van der Waals surface area contributed by atoms with E-state index in [1.165, 1.54) is 67.0 Å². The Labute approximate surface area is 686 Å². The molecule has 2 unspecified atom stereocenters. The van der Waals surface area contributed by atoms with E-state index in [0.29, 0.717) is 23.4 Å². The van der Waals surface area contributed by atoms with Crippen LogP contribution in [0.3, 0.4) is 0 Å². The molecule has 0 saturated heterocycles. The first kappa shape index (κ1) is 69.9. The van der Waals surface area contributed by atoms with Crippen LogP contribution in [0, 0.1) is 17.1 Å². The highest BCUT2D eigenvalue weighted by Gasteiger charge is 2.53. The van der Waals surface area contributed by atoms with Crippen LogP contribution < -0.4 is 4.90 Å². The number of halogens is 2. The van der Waals surface area contributed by atoms with Gasteiger partial charge in [0.25, 0.3) is 0 Å². The van der Waals surface area contributed by atoms with Gasteiger partial charge in [-0.3, -0.25) is 5.41 Å². The Morgan fingerprint density at radius 2 is 0.669 bits per heavy atom. The van der Waals surface area contributed by atoms with Gasteiger partial charge in [-0.1, -0.05) is 267 Å². The van der Waals surface area contributed by atoms with E-state index < -0.39 is 5.67 Å². The number of hydrogen-bond donors (Lipinski definition) is 2. The number of thiol groups is 1.